The topological polar surface area (TPSA) is 38.3 Å². The highest BCUT2D eigenvalue weighted by Gasteiger charge is 2.17. The van der Waals surface area contributed by atoms with E-state index in [1.165, 1.54) is 7.11 Å². The fourth-order valence-corrected chi connectivity index (χ4v) is 2.16. The SMILES string of the molecule is COC(=O)C(C)NC(C)c1ccccc1Br. The maximum Gasteiger partial charge on any atom is 0.322 e. The second-order valence-corrected chi connectivity index (χ2v) is 4.51. The average molecular weight is 286 g/mol. The van der Waals surface area contributed by atoms with Crippen molar-refractivity contribution in [2.24, 2.45) is 0 Å². The van der Waals surface area contributed by atoms with Crippen LogP contribution in [0.3, 0.4) is 0 Å². The van der Waals surface area contributed by atoms with Crippen LogP contribution in [-0.2, 0) is 9.53 Å². The van der Waals surface area contributed by atoms with Crippen molar-refractivity contribution < 1.29 is 9.53 Å². The van der Waals surface area contributed by atoms with Gasteiger partial charge in [0.1, 0.15) is 6.04 Å². The van der Waals surface area contributed by atoms with Gasteiger partial charge in [0, 0.05) is 10.5 Å². The van der Waals surface area contributed by atoms with E-state index in [1.54, 1.807) is 6.92 Å². The molecule has 1 N–H and O–H groups in total. The Morgan fingerprint density at radius 1 is 1.38 bits per heavy atom. The number of ether oxygens (including phenoxy) is 1. The van der Waals surface area contributed by atoms with Gasteiger partial charge in [0.2, 0.25) is 0 Å². The highest BCUT2D eigenvalue weighted by atomic mass is 79.9. The number of esters is 1. The molecule has 0 saturated heterocycles. The number of halogens is 1. The lowest BCUT2D eigenvalue weighted by atomic mass is 10.1. The molecule has 0 bridgehead atoms. The van der Waals surface area contributed by atoms with Crippen molar-refractivity contribution in [3.63, 3.8) is 0 Å². The van der Waals surface area contributed by atoms with E-state index in [1.807, 2.05) is 31.2 Å². The van der Waals surface area contributed by atoms with Gasteiger partial charge >= 0.3 is 5.97 Å². The summed E-state index contributed by atoms with van der Waals surface area (Å²) in [4.78, 5) is 11.3. The molecule has 0 amide bonds. The molecule has 0 radical (unpaired) electrons. The summed E-state index contributed by atoms with van der Waals surface area (Å²) in [5.74, 6) is -0.251. The number of carbonyl (C=O) groups is 1. The van der Waals surface area contributed by atoms with Crippen molar-refractivity contribution in [3.05, 3.63) is 34.3 Å². The van der Waals surface area contributed by atoms with Gasteiger partial charge in [-0.05, 0) is 25.5 Å². The first-order valence-electron chi connectivity index (χ1n) is 5.14. The second kappa shape index (κ2) is 6.01. The number of carbonyl (C=O) groups excluding carboxylic acids is 1. The van der Waals surface area contributed by atoms with Crippen LogP contribution in [0.1, 0.15) is 25.5 Å². The average Bonchev–Trinajstić information content (AvgIpc) is 2.28. The Bertz CT molecular complexity index is 368. The van der Waals surface area contributed by atoms with Crippen LogP contribution in [0.25, 0.3) is 0 Å². The second-order valence-electron chi connectivity index (χ2n) is 3.65. The van der Waals surface area contributed by atoms with Crippen LogP contribution in [0.15, 0.2) is 28.7 Å². The summed E-state index contributed by atoms with van der Waals surface area (Å²) in [5.41, 5.74) is 1.12. The number of methoxy groups -OCH3 is 1. The first kappa shape index (κ1) is 13.2. The van der Waals surface area contributed by atoms with Gasteiger partial charge in [-0.3, -0.25) is 10.1 Å². The van der Waals surface area contributed by atoms with E-state index in [-0.39, 0.29) is 18.1 Å². The van der Waals surface area contributed by atoms with Crippen molar-refractivity contribution >= 4 is 21.9 Å². The first-order chi connectivity index (χ1) is 7.56. The van der Waals surface area contributed by atoms with Gasteiger partial charge in [0.25, 0.3) is 0 Å². The summed E-state index contributed by atoms with van der Waals surface area (Å²) in [6, 6.07) is 7.71. The minimum atomic E-state index is -0.313. The molecule has 1 aromatic rings. The van der Waals surface area contributed by atoms with Crippen LogP contribution in [0.2, 0.25) is 0 Å². The lowest BCUT2D eigenvalue weighted by Gasteiger charge is -2.19. The predicted octanol–water partition coefficient (Wildman–Crippen LogP) is 2.66. The van der Waals surface area contributed by atoms with Crippen LogP contribution in [-0.4, -0.2) is 19.1 Å². The number of benzene rings is 1. The third kappa shape index (κ3) is 3.32. The maximum atomic E-state index is 11.3. The largest absolute Gasteiger partial charge is 0.468 e. The van der Waals surface area contributed by atoms with Gasteiger partial charge in [-0.25, -0.2) is 0 Å². The summed E-state index contributed by atoms with van der Waals surface area (Å²) in [5, 5.41) is 3.18. The summed E-state index contributed by atoms with van der Waals surface area (Å²) < 4.78 is 5.70. The standard InChI is InChI=1S/C12H16BrNO2/c1-8(14-9(2)12(15)16-3)10-6-4-5-7-11(10)13/h4-9,14H,1-3H3. The molecule has 0 aromatic heterocycles. The predicted molar refractivity (Wildman–Crippen MR) is 67.2 cm³/mol. The highest BCUT2D eigenvalue weighted by Crippen LogP contribution is 2.22. The lowest BCUT2D eigenvalue weighted by Crippen LogP contribution is -2.36. The van der Waals surface area contributed by atoms with E-state index in [2.05, 4.69) is 26.0 Å². The summed E-state index contributed by atoms with van der Waals surface area (Å²) in [6.07, 6.45) is 0. The van der Waals surface area contributed by atoms with Crippen LogP contribution in [0, 0.1) is 0 Å². The van der Waals surface area contributed by atoms with Crippen LogP contribution >= 0.6 is 15.9 Å². The molecule has 0 heterocycles. The highest BCUT2D eigenvalue weighted by molar-refractivity contribution is 9.10. The quantitative estimate of drug-likeness (QED) is 0.865. The number of hydrogen-bond acceptors (Lipinski definition) is 3. The van der Waals surface area contributed by atoms with Crippen molar-refractivity contribution in [1.82, 2.24) is 5.32 Å². The monoisotopic (exact) mass is 285 g/mol. The zero-order valence-corrected chi connectivity index (χ0v) is 11.2. The fourth-order valence-electron chi connectivity index (χ4n) is 1.54. The van der Waals surface area contributed by atoms with Crippen LogP contribution < -0.4 is 5.32 Å². The Morgan fingerprint density at radius 2 is 2.00 bits per heavy atom. The first-order valence-corrected chi connectivity index (χ1v) is 5.94. The molecule has 1 aromatic carbocycles. The Kier molecular flexibility index (Phi) is 4.96. The molecule has 2 unspecified atom stereocenters. The van der Waals surface area contributed by atoms with Gasteiger partial charge in [0.05, 0.1) is 7.11 Å². The summed E-state index contributed by atoms with van der Waals surface area (Å²) in [6.45, 7) is 3.80. The Hall–Kier alpha value is -0.870. The molecule has 16 heavy (non-hydrogen) atoms. The molecule has 4 heteroatoms. The Morgan fingerprint density at radius 3 is 2.56 bits per heavy atom. The smallest absolute Gasteiger partial charge is 0.322 e. The van der Waals surface area contributed by atoms with Gasteiger partial charge in [0.15, 0.2) is 0 Å². The molecule has 0 spiro atoms. The maximum absolute atomic E-state index is 11.3. The number of rotatable bonds is 4. The van der Waals surface area contributed by atoms with Gasteiger partial charge in [-0.15, -0.1) is 0 Å². The van der Waals surface area contributed by atoms with E-state index in [4.69, 9.17) is 0 Å². The van der Waals surface area contributed by atoms with Crippen molar-refractivity contribution in [1.29, 1.82) is 0 Å². The van der Waals surface area contributed by atoms with Crippen LogP contribution in [0.5, 0.6) is 0 Å². The summed E-state index contributed by atoms with van der Waals surface area (Å²) >= 11 is 3.48. The molecule has 0 aliphatic carbocycles. The lowest BCUT2D eigenvalue weighted by molar-refractivity contribution is -0.142. The molecule has 0 aliphatic heterocycles. The van der Waals surface area contributed by atoms with Crippen LogP contribution in [0.4, 0.5) is 0 Å². The van der Waals surface area contributed by atoms with Gasteiger partial charge in [-0.1, -0.05) is 34.1 Å². The molecular formula is C12H16BrNO2. The zero-order valence-electron chi connectivity index (χ0n) is 9.66. The Labute approximate surface area is 104 Å². The third-order valence-corrected chi connectivity index (χ3v) is 3.15. The molecule has 1 rings (SSSR count). The molecule has 0 saturated carbocycles. The van der Waals surface area contributed by atoms with Crippen molar-refractivity contribution in [2.45, 2.75) is 25.9 Å². The Balaban J connectivity index is 2.69. The minimum Gasteiger partial charge on any atom is -0.468 e. The van der Waals surface area contributed by atoms with E-state index < -0.39 is 0 Å². The molecular weight excluding hydrogens is 270 g/mol. The van der Waals surface area contributed by atoms with Crippen molar-refractivity contribution in [3.8, 4) is 0 Å². The number of hydrogen-bond donors (Lipinski definition) is 1. The van der Waals surface area contributed by atoms with E-state index in [9.17, 15) is 4.79 Å². The fraction of sp³-hybridized carbons (Fsp3) is 0.417. The van der Waals surface area contributed by atoms with Gasteiger partial charge < -0.3 is 4.74 Å². The zero-order chi connectivity index (χ0) is 12.1. The summed E-state index contributed by atoms with van der Waals surface area (Å²) in [7, 11) is 1.39. The van der Waals surface area contributed by atoms with E-state index in [0.717, 1.165) is 10.0 Å². The van der Waals surface area contributed by atoms with E-state index in [0.29, 0.717) is 0 Å². The normalized spacial score (nSPS) is 14.2. The molecule has 0 aliphatic rings. The molecule has 3 nitrogen and oxygen atoms in total. The third-order valence-electron chi connectivity index (χ3n) is 2.43. The molecule has 0 fully saturated rings. The molecule has 2 atom stereocenters. The minimum absolute atomic E-state index is 0.0877. The number of nitrogens with one attached hydrogen (secondary N) is 1. The van der Waals surface area contributed by atoms with Crippen molar-refractivity contribution in [2.75, 3.05) is 7.11 Å². The van der Waals surface area contributed by atoms with Gasteiger partial charge in [-0.2, -0.15) is 0 Å². The molecule has 88 valence electrons. The van der Waals surface area contributed by atoms with E-state index >= 15 is 0 Å².